The van der Waals surface area contributed by atoms with E-state index in [1.54, 1.807) is 31.0 Å². The highest BCUT2D eigenvalue weighted by Crippen LogP contribution is 2.30. The zero-order valence-corrected chi connectivity index (χ0v) is 21.2. The standard InChI is InChI=1S/C24H31N3O5S2/c1-3-31-13-5-10-27-23-9-8-21(34(28,29)26-11-14-32-15-12-26)17-22(23)25-24(27)33-18-19-6-4-7-20(16-19)30-2/h4,6-9,16-17H,3,5,10-15,18H2,1-2H3. The lowest BCUT2D eigenvalue weighted by atomic mass is 10.2. The lowest BCUT2D eigenvalue weighted by Gasteiger charge is -2.26. The number of hydrogen-bond acceptors (Lipinski definition) is 7. The third-order valence-corrected chi connectivity index (χ3v) is 8.61. The maximum absolute atomic E-state index is 13.1. The van der Waals surface area contributed by atoms with Crippen molar-refractivity contribution in [3.8, 4) is 5.75 Å². The number of rotatable bonds is 11. The van der Waals surface area contributed by atoms with Crippen LogP contribution in [-0.2, 0) is 31.8 Å². The van der Waals surface area contributed by atoms with E-state index in [0.29, 0.717) is 45.0 Å². The molecule has 2 heterocycles. The van der Waals surface area contributed by atoms with Gasteiger partial charge in [0.25, 0.3) is 0 Å². The van der Waals surface area contributed by atoms with E-state index in [1.165, 1.54) is 4.31 Å². The Morgan fingerprint density at radius 2 is 1.97 bits per heavy atom. The minimum absolute atomic E-state index is 0.269. The number of fused-ring (bicyclic) bond motifs is 1. The summed E-state index contributed by atoms with van der Waals surface area (Å²) in [5.74, 6) is 1.55. The van der Waals surface area contributed by atoms with Gasteiger partial charge in [-0.2, -0.15) is 4.31 Å². The first kappa shape index (κ1) is 25.0. The molecule has 0 N–H and O–H groups in total. The second-order valence-electron chi connectivity index (χ2n) is 7.90. The first-order valence-electron chi connectivity index (χ1n) is 11.4. The number of sulfonamides is 1. The van der Waals surface area contributed by atoms with Crippen LogP contribution in [0.2, 0.25) is 0 Å². The van der Waals surface area contributed by atoms with Crippen LogP contribution < -0.4 is 4.74 Å². The Balaban J connectivity index is 1.62. The van der Waals surface area contributed by atoms with Gasteiger partial charge in [0.1, 0.15) is 5.75 Å². The minimum atomic E-state index is -3.58. The Kier molecular flexibility index (Phi) is 8.49. The fraction of sp³-hybridized carbons (Fsp3) is 0.458. The van der Waals surface area contributed by atoms with Crippen LogP contribution in [-0.4, -0.2) is 68.9 Å². The molecule has 0 radical (unpaired) electrons. The number of aryl methyl sites for hydroxylation is 1. The number of ether oxygens (including phenoxy) is 3. The van der Waals surface area contributed by atoms with Crippen molar-refractivity contribution in [1.82, 2.24) is 13.9 Å². The van der Waals surface area contributed by atoms with Gasteiger partial charge in [-0.15, -0.1) is 0 Å². The SMILES string of the molecule is CCOCCCn1c(SCc2cccc(OC)c2)nc2cc(S(=O)(=O)N3CCOCC3)ccc21. The van der Waals surface area contributed by atoms with Crippen LogP contribution in [0.3, 0.4) is 0 Å². The minimum Gasteiger partial charge on any atom is -0.497 e. The molecule has 0 unspecified atom stereocenters. The number of hydrogen-bond donors (Lipinski definition) is 0. The molecule has 2 aromatic carbocycles. The van der Waals surface area contributed by atoms with Gasteiger partial charge in [0, 0.05) is 38.6 Å². The molecule has 0 bridgehead atoms. The van der Waals surface area contributed by atoms with E-state index in [2.05, 4.69) is 10.6 Å². The van der Waals surface area contributed by atoms with Crippen LogP contribution in [0.1, 0.15) is 18.9 Å². The number of thioether (sulfide) groups is 1. The molecule has 1 aliphatic rings. The Bertz CT molecular complexity index is 1210. The molecule has 1 aliphatic heterocycles. The number of methoxy groups -OCH3 is 1. The van der Waals surface area contributed by atoms with Gasteiger partial charge in [-0.05, 0) is 49.2 Å². The number of benzene rings is 2. The van der Waals surface area contributed by atoms with Crippen LogP contribution in [0.25, 0.3) is 11.0 Å². The Morgan fingerprint density at radius 3 is 2.74 bits per heavy atom. The van der Waals surface area contributed by atoms with Crippen molar-refractivity contribution >= 4 is 32.8 Å². The molecular weight excluding hydrogens is 474 g/mol. The first-order valence-corrected chi connectivity index (χ1v) is 13.9. The summed E-state index contributed by atoms with van der Waals surface area (Å²) in [5, 5.41) is 0.857. The van der Waals surface area contributed by atoms with E-state index < -0.39 is 10.0 Å². The molecular formula is C24H31N3O5S2. The van der Waals surface area contributed by atoms with E-state index in [1.807, 2.05) is 31.2 Å². The van der Waals surface area contributed by atoms with Crippen molar-refractivity contribution in [3.05, 3.63) is 48.0 Å². The normalized spacial score (nSPS) is 15.1. The first-order chi connectivity index (χ1) is 16.5. The fourth-order valence-corrected chi connectivity index (χ4v) is 6.30. The maximum atomic E-state index is 13.1. The van der Waals surface area contributed by atoms with E-state index in [0.717, 1.165) is 40.7 Å². The van der Waals surface area contributed by atoms with E-state index >= 15 is 0 Å². The van der Waals surface area contributed by atoms with Crippen molar-refractivity contribution in [3.63, 3.8) is 0 Å². The predicted molar refractivity (Wildman–Crippen MR) is 133 cm³/mol. The molecule has 10 heteroatoms. The Morgan fingerprint density at radius 1 is 1.15 bits per heavy atom. The highest BCUT2D eigenvalue weighted by Gasteiger charge is 2.27. The smallest absolute Gasteiger partial charge is 0.243 e. The van der Waals surface area contributed by atoms with Crippen LogP contribution in [0.5, 0.6) is 5.75 Å². The van der Waals surface area contributed by atoms with Crippen molar-refractivity contribution < 1.29 is 22.6 Å². The molecule has 184 valence electrons. The summed E-state index contributed by atoms with van der Waals surface area (Å²) >= 11 is 1.63. The average molecular weight is 506 g/mol. The molecule has 0 saturated carbocycles. The second-order valence-corrected chi connectivity index (χ2v) is 10.8. The van der Waals surface area contributed by atoms with Crippen LogP contribution in [0.15, 0.2) is 52.5 Å². The molecule has 4 rings (SSSR count). The summed E-state index contributed by atoms with van der Waals surface area (Å²) in [5.41, 5.74) is 2.73. The zero-order chi connectivity index (χ0) is 24.0. The molecule has 34 heavy (non-hydrogen) atoms. The molecule has 0 amide bonds. The van der Waals surface area contributed by atoms with Crippen LogP contribution >= 0.6 is 11.8 Å². The molecule has 8 nitrogen and oxygen atoms in total. The average Bonchev–Trinajstić information content (AvgIpc) is 3.22. The van der Waals surface area contributed by atoms with Gasteiger partial charge in [0.15, 0.2) is 5.16 Å². The number of nitrogens with zero attached hydrogens (tertiary/aromatic N) is 3. The Labute approximate surface area is 205 Å². The summed E-state index contributed by atoms with van der Waals surface area (Å²) in [7, 11) is -1.92. The third kappa shape index (κ3) is 5.75. The molecule has 1 aromatic heterocycles. The quantitative estimate of drug-likeness (QED) is 0.290. The van der Waals surface area contributed by atoms with Crippen LogP contribution in [0, 0.1) is 0 Å². The lowest BCUT2D eigenvalue weighted by Crippen LogP contribution is -2.40. The lowest BCUT2D eigenvalue weighted by molar-refractivity contribution is 0.0730. The number of imidazole rings is 1. The number of morpholine rings is 1. The fourth-order valence-electron chi connectivity index (χ4n) is 3.89. The van der Waals surface area contributed by atoms with Gasteiger partial charge in [-0.25, -0.2) is 13.4 Å². The monoisotopic (exact) mass is 505 g/mol. The zero-order valence-electron chi connectivity index (χ0n) is 19.6. The topological polar surface area (TPSA) is 82.9 Å². The highest BCUT2D eigenvalue weighted by atomic mass is 32.2. The van der Waals surface area contributed by atoms with E-state index in [-0.39, 0.29) is 4.90 Å². The molecule has 0 aliphatic carbocycles. The van der Waals surface area contributed by atoms with Crippen molar-refractivity contribution in [2.24, 2.45) is 0 Å². The largest absolute Gasteiger partial charge is 0.497 e. The maximum Gasteiger partial charge on any atom is 0.243 e. The summed E-state index contributed by atoms with van der Waals surface area (Å²) in [6.07, 6.45) is 0.847. The van der Waals surface area contributed by atoms with Crippen molar-refractivity contribution in [2.45, 2.75) is 35.7 Å². The van der Waals surface area contributed by atoms with Gasteiger partial charge in [-0.3, -0.25) is 0 Å². The highest BCUT2D eigenvalue weighted by molar-refractivity contribution is 7.98. The molecule has 1 saturated heterocycles. The molecule has 0 atom stereocenters. The van der Waals surface area contributed by atoms with Gasteiger partial charge < -0.3 is 18.8 Å². The second kappa shape index (κ2) is 11.5. The van der Waals surface area contributed by atoms with Gasteiger partial charge in [-0.1, -0.05) is 23.9 Å². The summed E-state index contributed by atoms with van der Waals surface area (Å²) < 4.78 is 46.1. The van der Waals surface area contributed by atoms with Crippen molar-refractivity contribution in [1.29, 1.82) is 0 Å². The van der Waals surface area contributed by atoms with E-state index in [4.69, 9.17) is 19.2 Å². The number of aromatic nitrogens is 2. The molecule has 0 spiro atoms. The summed E-state index contributed by atoms with van der Waals surface area (Å²) in [6, 6.07) is 13.2. The molecule has 1 fully saturated rings. The van der Waals surface area contributed by atoms with Gasteiger partial charge in [0.2, 0.25) is 10.0 Å². The van der Waals surface area contributed by atoms with Crippen molar-refractivity contribution in [2.75, 3.05) is 46.6 Å². The summed E-state index contributed by atoms with van der Waals surface area (Å²) in [4.78, 5) is 5.10. The third-order valence-electron chi connectivity index (χ3n) is 5.67. The van der Waals surface area contributed by atoms with Crippen LogP contribution in [0.4, 0.5) is 0 Å². The van der Waals surface area contributed by atoms with Gasteiger partial charge >= 0.3 is 0 Å². The molecule has 3 aromatic rings. The van der Waals surface area contributed by atoms with Gasteiger partial charge in [0.05, 0.1) is 36.3 Å². The Hall–Kier alpha value is -2.11. The van der Waals surface area contributed by atoms with E-state index in [9.17, 15) is 8.42 Å². The summed E-state index contributed by atoms with van der Waals surface area (Å²) in [6.45, 7) is 5.65. The predicted octanol–water partition coefficient (Wildman–Crippen LogP) is 3.78.